The van der Waals surface area contributed by atoms with Gasteiger partial charge in [-0.3, -0.25) is 67.5 Å². The number of hydrogen-bond donors (Lipinski definition) is 22. The van der Waals surface area contributed by atoms with Gasteiger partial charge in [0.25, 0.3) is 0 Å². The Kier molecular flexibility index (Phi) is 42.6. The van der Waals surface area contributed by atoms with E-state index in [4.69, 9.17) is 34.4 Å². The van der Waals surface area contributed by atoms with Gasteiger partial charge >= 0.3 is 11.9 Å². The molecule has 28 N–H and O–H groups in total. The minimum Gasteiger partial charge on any atom is -0.481 e. The number of nitrogens with two attached hydrogens (primary N) is 6. The third-order valence-electron chi connectivity index (χ3n) is 15.8. The fourth-order valence-corrected chi connectivity index (χ4v) is 10.4. The Morgan fingerprint density at radius 2 is 0.806 bits per heavy atom. The van der Waals surface area contributed by atoms with Crippen molar-refractivity contribution in [2.45, 2.75) is 245 Å². The number of aliphatic hydroxyl groups is 2. The van der Waals surface area contributed by atoms with Gasteiger partial charge in [0.05, 0.1) is 25.1 Å². The van der Waals surface area contributed by atoms with Gasteiger partial charge in [-0.2, -0.15) is 0 Å². The summed E-state index contributed by atoms with van der Waals surface area (Å²) in [4.78, 5) is 193. The normalized spacial score (nSPS) is 15.1. The van der Waals surface area contributed by atoms with Crippen LogP contribution >= 0.6 is 0 Å². The second kappa shape index (κ2) is 47.8. The molecule has 11 amide bonds. The smallest absolute Gasteiger partial charge is 0.326 e. The Balaban J connectivity index is 3.61. The lowest BCUT2D eigenvalue weighted by Crippen LogP contribution is -2.62. The molecule has 13 atom stereocenters. The van der Waals surface area contributed by atoms with Gasteiger partial charge in [0.2, 0.25) is 65.0 Å². The maximum Gasteiger partial charge on any atom is 0.326 e. The summed E-state index contributed by atoms with van der Waals surface area (Å²) in [7, 11) is 0. The summed E-state index contributed by atoms with van der Waals surface area (Å²) in [6.07, 6.45) is 1.01. The van der Waals surface area contributed by atoms with Crippen LogP contribution in [0.25, 0.3) is 0 Å². The van der Waals surface area contributed by atoms with E-state index in [1.54, 1.807) is 69.2 Å². The van der Waals surface area contributed by atoms with E-state index in [0.29, 0.717) is 25.1 Å². The highest BCUT2D eigenvalue weighted by Crippen LogP contribution is 2.16. The highest BCUT2D eigenvalue weighted by atomic mass is 16.4. The van der Waals surface area contributed by atoms with Gasteiger partial charge in [-0.15, -0.1) is 0 Å². The first-order chi connectivity index (χ1) is 48.2. The van der Waals surface area contributed by atoms with Gasteiger partial charge in [-0.05, 0) is 114 Å². The molecule has 1 rings (SSSR count). The number of aliphatic hydroxyl groups excluding tert-OH is 2. The Bertz CT molecular complexity index is 2960. The second-order valence-corrected chi connectivity index (χ2v) is 27.5. The van der Waals surface area contributed by atoms with Crippen LogP contribution in [0, 0.1) is 29.6 Å². The molecule has 0 saturated heterocycles. The van der Waals surface area contributed by atoms with E-state index < -0.39 is 181 Å². The molecular formula is C65H117N21O17. The minimum absolute atomic E-state index is 0.00974. The number of hydrogen-bond acceptors (Lipinski definition) is 20. The summed E-state index contributed by atoms with van der Waals surface area (Å²) in [6.45, 7) is 17.8. The van der Waals surface area contributed by atoms with E-state index >= 15 is 0 Å². The largest absolute Gasteiger partial charge is 0.481 e. The molecule has 0 spiro atoms. The number of rotatable bonds is 51. The third kappa shape index (κ3) is 36.9. The zero-order valence-corrected chi connectivity index (χ0v) is 61.2. The predicted molar refractivity (Wildman–Crippen MR) is 380 cm³/mol. The number of amides is 11. The lowest BCUT2D eigenvalue weighted by atomic mass is 9.97. The molecule has 1 aromatic heterocycles. The van der Waals surface area contributed by atoms with Gasteiger partial charge in [-0.25, -0.2) is 9.78 Å². The van der Waals surface area contributed by atoms with Crippen molar-refractivity contribution in [2.75, 3.05) is 26.2 Å². The maximum absolute atomic E-state index is 14.7. The van der Waals surface area contributed by atoms with Crippen molar-refractivity contribution in [2.24, 2.45) is 74.0 Å². The molecule has 0 saturated carbocycles. The van der Waals surface area contributed by atoms with E-state index in [1.807, 2.05) is 0 Å². The van der Waals surface area contributed by atoms with Crippen LogP contribution in [0.1, 0.15) is 165 Å². The lowest BCUT2D eigenvalue weighted by Gasteiger charge is -2.30. The molecular weight excluding hydrogens is 1350 g/mol. The van der Waals surface area contributed by atoms with E-state index in [2.05, 4.69) is 78.4 Å². The van der Waals surface area contributed by atoms with Crippen molar-refractivity contribution in [1.29, 1.82) is 0 Å². The van der Waals surface area contributed by atoms with Crippen LogP contribution in [0.15, 0.2) is 22.5 Å². The monoisotopic (exact) mass is 1460 g/mol. The van der Waals surface area contributed by atoms with Crippen LogP contribution < -0.4 is 92.9 Å². The van der Waals surface area contributed by atoms with Crippen molar-refractivity contribution in [3.63, 3.8) is 0 Å². The lowest BCUT2D eigenvalue weighted by molar-refractivity contribution is -0.142. The van der Waals surface area contributed by atoms with Crippen molar-refractivity contribution in [3.05, 3.63) is 18.2 Å². The highest BCUT2D eigenvalue weighted by molar-refractivity contribution is 5.99. The van der Waals surface area contributed by atoms with Crippen molar-refractivity contribution in [1.82, 2.24) is 68.5 Å². The Hall–Kier alpha value is -9.30. The molecule has 1 heterocycles. The Labute approximate surface area is 601 Å². The molecule has 0 radical (unpaired) electrons. The van der Waals surface area contributed by atoms with Gasteiger partial charge in [-0.1, -0.05) is 75.7 Å². The maximum atomic E-state index is 14.7. The fraction of sp³-hybridized carbons (Fsp3) is 0.723. The summed E-state index contributed by atoms with van der Waals surface area (Å²) in [5.74, 6) is -15.1. The first-order valence-corrected chi connectivity index (χ1v) is 34.8. The van der Waals surface area contributed by atoms with Crippen molar-refractivity contribution in [3.8, 4) is 0 Å². The number of carbonyl (C=O) groups is 13. The zero-order valence-electron chi connectivity index (χ0n) is 61.2. The average molecular weight is 1460 g/mol. The van der Waals surface area contributed by atoms with E-state index in [9.17, 15) is 82.8 Å². The summed E-state index contributed by atoms with van der Waals surface area (Å²) < 4.78 is 0. The van der Waals surface area contributed by atoms with Crippen LogP contribution in [0.4, 0.5) is 0 Å². The number of H-pyrrole nitrogens is 1. The van der Waals surface area contributed by atoms with Crippen LogP contribution in [-0.4, -0.2) is 224 Å². The first-order valence-electron chi connectivity index (χ1n) is 34.8. The topological polar surface area (TPSA) is 645 Å². The molecule has 0 bridgehead atoms. The molecule has 0 aliphatic heterocycles. The SMILES string of the molecule is CC(C)CC(NC(=O)C(CCCN=C(N)N)NC(=O)C(CC(C)C)NC(=O)C(NC(=O)C(CC(C)C)NC(=O)C(Cc1cnc[nH]1)NC(=O)C(CC(C)C)NC(=O)C(NC(=O)C(CO)NC(=O)C(CCC(=O)O)NC(=O)C(N)CCCCN)C(C)O)C(C)C)C(=O)NC(CCCN=C(N)N)C(=O)O. The number of aromatic amines is 1. The average Bonchev–Trinajstić information content (AvgIpc) is 1.40. The van der Waals surface area contributed by atoms with Gasteiger partial charge < -0.3 is 118 Å². The molecule has 0 aromatic carbocycles. The molecule has 13 unspecified atom stereocenters. The molecule has 103 heavy (non-hydrogen) atoms. The first kappa shape index (κ1) is 91.7. The standard InChI is InChI=1S/C65H117N21O17/c1-32(2)24-43(56(95)78-42(63(102)103)18-15-23-74-65(70)71)79-53(92)40(17-14-22-73-64(68)69)77-55(94)44(25-33(3)4)82-61(100)50(36(9)10)85-59(98)46(27-35(7)8)80-58(97)47(28-38-29-72-31-75-38)81-57(96)45(26-34(5)6)83-62(101)51(37(11)88)86-60(99)48(30-87)84-54(93)41(19-20-49(89)90)76-52(91)39(67)16-12-13-21-66/h29,31-37,39-48,50-51,87-88H,12-28,30,66-67H2,1-11H3,(H,72,75)(H,76,91)(H,77,94)(H,78,95)(H,79,92)(H,80,97)(H,81,96)(H,82,100)(H,83,101)(H,84,93)(H,85,98)(H,86,99)(H,89,90)(H,102,103)(H4,68,69,73)(H4,70,71,74). The zero-order chi connectivity index (χ0) is 78.4. The number of carboxylic acids is 2. The molecule has 0 fully saturated rings. The minimum atomic E-state index is -1.87. The van der Waals surface area contributed by atoms with E-state index in [1.165, 1.54) is 12.5 Å². The van der Waals surface area contributed by atoms with Crippen molar-refractivity contribution < 1.29 is 82.8 Å². The van der Waals surface area contributed by atoms with Crippen LogP contribution in [-0.2, 0) is 68.7 Å². The van der Waals surface area contributed by atoms with Crippen molar-refractivity contribution >= 4 is 88.8 Å². The number of aromatic nitrogens is 2. The second-order valence-electron chi connectivity index (χ2n) is 27.5. The number of aliphatic carboxylic acids is 2. The van der Waals surface area contributed by atoms with E-state index in [0.717, 1.165) is 6.92 Å². The molecule has 38 heteroatoms. The number of guanidine groups is 2. The number of nitrogens with zero attached hydrogens (tertiary/aromatic N) is 3. The Morgan fingerprint density at radius 1 is 0.447 bits per heavy atom. The van der Waals surface area contributed by atoms with Gasteiger partial charge in [0, 0.05) is 37.8 Å². The molecule has 0 aliphatic rings. The summed E-state index contributed by atoms with van der Waals surface area (Å²) in [5.41, 5.74) is 33.7. The summed E-state index contributed by atoms with van der Waals surface area (Å²) in [6, 6.07) is -17.5. The highest BCUT2D eigenvalue weighted by Gasteiger charge is 2.39. The summed E-state index contributed by atoms with van der Waals surface area (Å²) >= 11 is 0. The van der Waals surface area contributed by atoms with E-state index in [-0.39, 0.29) is 113 Å². The van der Waals surface area contributed by atoms with Gasteiger partial charge in [0.1, 0.15) is 66.5 Å². The number of imidazole rings is 1. The fourth-order valence-electron chi connectivity index (χ4n) is 10.4. The quantitative estimate of drug-likeness (QED) is 0.0165. The Morgan fingerprint density at radius 3 is 1.20 bits per heavy atom. The number of aliphatic imine (C=N–C) groups is 2. The third-order valence-corrected chi connectivity index (χ3v) is 15.8. The number of carboxylic acid groups (broad SMARTS) is 2. The summed E-state index contributed by atoms with van der Waals surface area (Å²) in [5, 5.41) is 68.4. The predicted octanol–water partition coefficient (Wildman–Crippen LogP) is -4.99. The van der Waals surface area contributed by atoms with Crippen LogP contribution in [0.2, 0.25) is 0 Å². The number of carbonyl (C=O) groups excluding carboxylic acids is 11. The van der Waals surface area contributed by atoms with Crippen LogP contribution in [0.3, 0.4) is 0 Å². The number of unbranched alkanes of at least 4 members (excludes halogenated alkanes) is 1. The molecule has 38 nitrogen and oxygen atoms in total. The molecule has 0 aliphatic carbocycles. The number of nitrogens with one attached hydrogen (secondary N) is 12. The molecule has 584 valence electrons. The van der Waals surface area contributed by atoms with Gasteiger partial charge in [0.15, 0.2) is 11.9 Å². The molecule has 1 aromatic rings. The van der Waals surface area contributed by atoms with Crippen LogP contribution in [0.5, 0.6) is 0 Å².